The molecule has 0 aliphatic carbocycles. The van der Waals surface area contributed by atoms with Crippen LogP contribution in [0.1, 0.15) is 30.0 Å². The number of hydrazine groups is 1. The van der Waals surface area contributed by atoms with Crippen LogP contribution in [0.15, 0.2) is 52.6 Å². The number of hydrogen-bond donors (Lipinski definition) is 1. The van der Waals surface area contributed by atoms with E-state index in [1.54, 1.807) is 28.2 Å². The lowest BCUT2D eigenvalue weighted by atomic mass is 10.00. The maximum atomic E-state index is 13.1. The number of amides is 1. The number of hydrogen-bond acceptors (Lipinski definition) is 8. The number of sulfone groups is 1. The molecule has 37 heavy (non-hydrogen) atoms. The second-order valence-electron chi connectivity index (χ2n) is 8.43. The monoisotopic (exact) mass is 575 g/mol. The number of rotatable bonds is 6. The number of hydrazone groups is 1. The molecule has 0 spiro atoms. The summed E-state index contributed by atoms with van der Waals surface area (Å²) in [5.41, 5.74) is 5.50. The third-order valence-electron chi connectivity index (χ3n) is 5.87. The van der Waals surface area contributed by atoms with Crippen LogP contribution in [0.2, 0.25) is 10.0 Å². The van der Waals surface area contributed by atoms with E-state index < -0.39 is 9.84 Å². The van der Waals surface area contributed by atoms with E-state index in [4.69, 9.17) is 23.2 Å². The molecule has 2 aliphatic heterocycles. The number of carbonyl (C=O) groups excluding carboxylic acids is 1. The predicted molar refractivity (Wildman–Crippen MR) is 150 cm³/mol. The van der Waals surface area contributed by atoms with Crippen LogP contribution >= 0.6 is 35.4 Å². The van der Waals surface area contributed by atoms with Gasteiger partial charge in [0.05, 0.1) is 40.0 Å². The first-order chi connectivity index (χ1) is 17.8. The third kappa shape index (κ3) is 7.17. The van der Waals surface area contributed by atoms with Gasteiger partial charge in [-0.3, -0.25) is 15.2 Å². The largest absolute Gasteiger partial charge is 0.284 e. The van der Waals surface area contributed by atoms with Gasteiger partial charge in [0.1, 0.15) is 5.71 Å². The van der Waals surface area contributed by atoms with Gasteiger partial charge in [-0.05, 0) is 48.1 Å². The average Bonchev–Trinajstić information content (AvgIpc) is 3.31. The van der Waals surface area contributed by atoms with Gasteiger partial charge >= 0.3 is 0 Å². The number of thiocarbonyl (C=S) groups is 1. The van der Waals surface area contributed by atoms with Crippen molar-refractivity contribution < 1.29 is 13.2 Å². The summed E-state index contributed by atoms with van der Waals surface area (Å²) >= 11 is 17.1. The first-order valence-corrected chi connectivity index (χ1v) is 14.4. The molecule has 1 atom stereocenters. The highest BCUT2D eigenvalue weighted by Crippen LogP contribution is 2.39. The van der Waals surface area contributed by atoms with Gasteiger partial charge in [0, 0.05) is 36.5 Å². The molecule has 0 aromatic heterocycles. The molecule has 1 N–H and O–H groups in total. The number of halogens is 2. The lowest BCUT2D eigenvalue weighted by Gasteiger charge is -2.26. The van der Waals surface area contributed by atoms with Gasteiger partial charge in [-0.25, -0.2) is 18.4 Å². The number of carbonyl (C=O) groups is 1. The maximum Gasteiger partial charge on any atom is 0.281 e. The molecule has 12 heteroatoms. The second kappa shape index (κ2) is 12.2. The smallest absolute Gasteiger partial charge is 0.281 e. The van der Waals surface area contributed by atoms with E-state index in [1.165, 1.54) is 0 Å². The molecule has 2 heterocycles. The van der Waals surface area contributed by atoms with Crippen molar-refractivity contribution in [3.63, 3.8) is 0 Å². The highest BCUT2D eigenvalue weighted by molar-refractivity contribution is 7.91. The first-order valence-electron chi connectivity index (χ1n) is 11.5. The quantitative estimate of drug-likeness (QED) is 0.243. The summed E-state index contributed by atoms with van der Waals surface area (Å²) in [5, 5.41) is 11.2. The number of nitrogens with zero attached hydrogens (tertiary/aromatic N) is 4. The van der Waals surface area contributed by atoms with Crippen LogP contribution < -0.4 is 10.4 Å². The zero-order valence-electron chi connectivity index (χ0n) is 19.7. The standard InChI is InChI=1S/C25H23Cl2N5O3S2/c26-20-8-9-23(21(27)15-20)32-24(19-6-4-18(5-7-19)3-1-2-10-28-17-36)16-22(29-32)25(33)30-31-11-13-37(34,35)14-12-31/h4-9,15,24H,2,10-14,16H2,(H,30,33). The highest BCUT2D eigenvalue weighted by Gasteiger charge is 2.34. The van der Waals surface area contributed by atoms with Crippen LogP contribution in [0.5, 0.6) is 0 Å². The molecular weight excluding hydrogens is 553 g/mol. The molecule has 2 aliphatic rings. The number of nitrogens with one attached hydrogen (secondary N) is 1. The van der Waals surface area contributed by atoms with Crippen LogP contribution in [0.25, 0.3) is 0 Å². The van der Waals surface area contributed by atoms with Gasteiger partial charge in [-0.15, -0.1) is 0 Å². The van der Waals surface area contributed by atoms with E-state index in [0.29, 0.717) is 40.8 Å². The summed E-state index contributed by atoms with van der Waals surface area (Å²) < 4.78 is 23.4. The number of aliphatic imine (C=N–C) groups is 1. The molecule has 1 saturated heterocycles. The van der Waals surface area contributed by atoms with Gasteiger partial charge in [-0.2, -0.15) is 5.10 Å². The fraction of sp³-hybridized carbons (Fsp3) is 0.320. The SMILES string of the molecule is O=C(NN1CCS(=O)(=O)CC1)C1=NN(c2ccc(Cl)cc2Cl)C(c2ccc(C#CCCN=C=S)cc2)C1. The Labute approximate surface area is 231 Å². The second-order valence-corrected chi connectivity index (χ2v) is 11.8. The molecule has 1 amide bonds. The number of anilines is 1. The summed E-state index contributed by atoms with van der Waals surface area (Å²) in [5.74, 6) is 5.78. The fourth-order valence-electron chi connectivity index (χ4n) is 3.94. The first kappa shape index (κ1) is 27.3. The summed E-state index contributed by atoms with van der Waals surface area (Å²) in [6, 6.07) is 12.6. The average molecular weight is 577 g/mol. The summed E-state index contributed by atoms with van der Waals surface area (Å²) in [6.07, 6.45) is 0.920. The minimum Gasteiger partial charge on any atom is -0.284 e. The predicted octanol–water partition coefficient (Wildman–Crippen LogP) is 3.91. The van der Waals surface area contributed by atoms with E-state index in [-0.39, 0.29) is 36.5 Å². The molecule has 0 saturated carbocycles. The van der Waals surface area contributed by atoms with Crippen molar-refractivity contribution in [1.82, 2.24) is 10.4 Å². The van der Waals surface area contributed by atoms with Crippen molar-refractivity contribution in [2.45, 2.75) is 18.9 Å². The molecule has 2 aromatic carbocycles. The van der Waals surface area contributed by atoms with Gasteiger partial charge in [0.2, 0.25) is 0 Å². The van der Waals surface area contributed by atoms with Crippen LogP contribution in [0.3, 0.4) is 0 Å². The molecular formula is C25H23Cl2N5O3S2. The van der Waals surface area contributed by atoms with Crippen LogP contribution in [-0.2, 0) is 14.6 Å². The maximum absolute atomic E-state index is 13.1. The van der Waals surface area contributed by atoms with Gasteiger partial charge in [0.15, 0.2) is 9.84 Å². The zero-order valence-corrected chi connectivity index (χ0v) is 22.8. The number of isothiocyanates is 1. The third-order valence-corrected chi connectivity index (χ3v) is 8.15. The lowest BCUT2D eigenvalue weighted by molar-refractivity contribution is -0.119. The van der Waals surface area contributed by atoms with Gasteiger partial charge in [0.25, 0.3) is 5.91 Å². The summed E-state index contributed by atoms with van der Waals surface area (Å²) in [4.78, 5) is 16.9. The van der Waals surface area contributed by atoms with Crippen LogP contribution in [-0.4, -0.2) is 61.3 Å². The normalized spacial score (nSPS) is 18.8. The Bertz CT molecular complexity index is 1410. The van der Waals surface area contributed by atoms with E-state index in [2.05, 4.69) is 44.7 Å². The van der Waals surface area contributed by atoms with Crippen LogP contribution in [0, 0.1) is 11.8 Å². The van der Waals surface area contributed by atoms with Crippen molar-refractivity contribution in [2.75, 3.05) is 36.1 Å². The van der Waals surface area contributed by atoms with Gasteiger partial charge < -0.3 is 0 Å². The summed E-state index contributed by atoms with van der Waals surface area (Å²) in [7, 11) is -3.06. The topological polar surface area (TPSA) is 94.4 Å². The minimum atomic E-state index is -3.06. The fourth-order valence-corrected chi connectivity index (χ4v) is 5.73. The molecule has 8 nitrogen and oxygen atoms in total. The molecule has 1 fully saturated rings. The Morgan fingerprint density at radius 2 is 1.89 bits per heavy atom. The zero-order chi connectivity index (χ0) is 26.4. The van der Waals surface area contributed by atoms with Gasteiger partial charge in [-0.1, -0.05) is 47.2 Å². The van der Waals surface area contributed by atoms with Crippen LogP contribution in [0.4, 0.5) is 5.69 Å². The Balaban J connectivity index is 1.54. The van der Waals surface area contributed by atoms with E-state index in [9.17, 15) is 13.2 Å². The Morgan fingerprint density at radius 3 is 2.57 bits per heavy atom. The molecule has 1 unspecified atom stereocenters. The highest BCUT2D eigenvalue weighted by atomic mass is 35.5. The molecule has 0 radical (unpaired) electrons. The Hall–Kier alpha value is -2.77. The molecule has 2 aromatic rings. The lowest BCUT2D eigenvalue weighted by Crippen LogP contribution is -2.51. The van der Waals surface area contributed by atoms with E-state index in [1.807, 2.05) is 24.3 Å². The van der Waals surface area contributed by atoms with Crippen molar-refractivity contribution >= 4 is 67.7 Å². The van der Waals surface area contributed by atoms with E-state index in [0.717, 1.165) is 11.1 Å². The van der Waals surface area contributed by atoms with E-state index >= 15 is 0 Å². The van der Waals surface area contributed by atoms with Crippen molar-refractivity contribution in [3.8, 4) is 11.8 Å². The Kier molecular flexibility index (Phi) is 8.98. The molecule has 192 valence electrons. The minimum absolute atomic E-state index is 0.00371. The summed E-state index contributed by atoms with van der Waals surface area (Å²) in [6.45, 7) is 0.985. The van der Waals surface area contributed by atoms with Crippen molar-refractivity contribution in [1.29, 1.82) is 0 Å². The van der Waals surface area contributed by atoms with Crippen molar-refractivity contribution in [3.05, 3.63) is 63.6 Å². The Morgan fingerprint density at radius 1 is 1.16 bits per heavy atom. The van der Waals surface area contributed by atoms with Crippen molar-refractivity contribution in [2.24, 2.45) is 10.1 Å². The molecule has 4 rings (SSSR count). The molecule has 0 bridgehead atoms. The number of benzene rings is 2.